The minimum atomic E-state index is -0.173. The van der Waals surface area contributed by atoms with E-state index in [-0.39, 0.29) is 5.41 Å². The first-order chi connectivity index (χ1) is 26.1. The Hall–Kier alpha value is -6.36. The Bertz CT molecular complexity index is 3020. The molecule has 0 unspecified atom stereocenters. The molecule has 3 heterocycles. The Morgan fingerprint density at radius 3 is 2.00 bits per heavy atom. The van der Waals surface area contributed by atoms with E-state index in [1.54, 1.807) is 0 Å². The van der Waals surface area contributed by atoms with Crippen LogP contribution in [0.3, 0.4) is 0 Å². The zero-order valence-corrected chi connectivity index (χ0v) is 30.2. The van der Waals surface area contributed by atoms with E-state index >= 15 is 0 Å². The molecular formula is C49H33N3S. The number of para-hydroxylation sites is 1. The number of fused-ring (bicyclic) bond motifs is 12. The highest BCUT2D eigenvalue weighted by Crippen LogP contribution is 2.58. The molecule has 10 aromatic rings. The first kappa shape index (κ1) is 30.3. The fourth-order valence-electron chi connectivity index (χ4n) is 8.83. The molecule has 250 valence electrons. The van der Waals surface area contributed by atoms with E-state index in [0.29, 0.717) is 5.82 Å². The lowest BCUT2D eigenvalue weighted by Gasteiger charge is -2.23. The predicted octanol–water partition coefficient (Wildman–Crippen LogP) is 13.2. The molecule has 53 heavy (non-hydrogen) atoms. The van der Waals surface area contributed by atoms with Crippen molar-refractivity contribution in [3.63, 3.8) is 0 Å². The van der Waals surface area contributed by atoms with Crippen molar-refractivity contribution in [1.29, 1.82) is 0 Å². The molecule has 3 nitrogen and oxygen atoms in total. The zero-order chi connectivity index (χ0) is 35.3. The van der Waals surface area contributed by atoms with E-state index in [4.69, 9.17) is 9.97 Å². The van der Waals surface area contributed by atoms with Crippen LogP contribution >= 0.6 is 11.3 Å². The average Bonchev–Trinajstić information content (AvgIpc) is 3.84. The molecule has 0 spiro atoms. The smallest absolute Gasteiger partial charge is 0.160 e. The molecule has 1 aliphatic carbocycles. The lowest BCUT2D eigenvalue weighted by atomic mass is 9.80. The molecule has 4 heteroatoms. The van der Waals surface area contributed by atoms with Crippen LogP contribution in [0.1, 0.15) is 25.0 Å². The molecule has 3 aromatic heterocycles. The Labute approximate surface area is 311 Å². The summed E-state index contributed by atoms with van der Waals surface area (Å²) in [6.45, 7) is 4.82. The number of aromatic nitrogens is 3. The van der Waals surface area contributed by atoms with Gasteiger partial charge in [0.05, 0.1) is 22.4 Å². The molecule has 0 bridgehead atoms. The molecule has 0 atom stereocenters. The van der Waals surface area contributed by atoms with E-state index in [1.165, 1.54) is 64.2 Å². The Morgan fingerprint density at radius 2 is 1.19 bits per heavy atom. The lowest BCUT2D eigenvalue weighted by molar-refractivity contribution is 0.667. The summed E-state index contributed by atoms with van der Waals surface area (Å²) in [4.78, 5) is 10.3. The van der Waals surface area contributed by atoms with Gasteiger partial charge in [-0.3, -0.25) is 0 Å². The summed E-state index contributed by atoms with van der Waals surface area (Å²) in [6.07, 6.45) is 0. The molecule has 7 aromatic carbocycles. The van der Waals surface area contributed by atoms with E-state index < -0.39 is 0 Å². The van der Waals surface area contributed by atoms with Crippen molar-refractivity contribution in [2.75, 3.05) is 0 Å². The van der Waals surface area contributed by atoms with Gasteiger partial charge in [0, 0.05) is 64.3 Å². The number of rotatable bonds is 4. The van der Waals surface area contributed by atoms with Gasteiger partial charge in [0.25, 0.3) is 0 Å². The largest absolute Gasteiger partial charge is 0.309 e. The molecule has 0 amide bonds. The van der Waals surface area contributed by atoms with Gasteiger partial charge in [0.2, 0.25) is 0 Å². The van der Waals surface area contributed by atoms with Crippen molar-refractivity contribution in [3.05, 3.63) is 175 Å². The summed E-state index contributed by atoms with van der Waals surface area (Å²) in [5.74, 6) is 0.716. The molecule has 1 aliphatic rings. The second-order valence-corrected chi connectivity index (χ2v) is 15.6. The van der Waals surface area contributed by atoms with Gasteiger partial charge in [-0.05, 0) is 47.0 Å². The molecule has 0 saturated heterocycles. The van der Waals surface area contributed by atoms with Crippen molar-refractivity contribution in [3.8, 4) is 50.7 Å². The van der Waals surface area contributed by atoms with E-state index in [2.05, 4.69) is 158 Å². The van der Waals surface area contributed by atoms with Crippen molar-refractivity contribution < 1.29 is 0 Å². The maximum absolute atomic E-state index is 5.20. The van der Waals surface area contributed by atoms with Crippen LogP contribution < -0.4 is 0 Å². The number of benzene rings is 7. The number of hydrogen-bond donors (Lipinski definition) is 0. The SMILES string of the molecule is CC1(C)c2ccccc2-c2c1c1c3ccccc3n(-c3cccc(-c4cc(-c5ccccc5)nc(-c5ccccc5)n4)c3)c1c1c2sc2ccccc21. The van der Waals surface area contributed by atoms with E-state index in [9.17, 15) is 0 Å². The standard InChI is InChI=1S/C49H33N3S/c1-49(2)37-25-12-9-22-34(37)43-45(49)42-35-23-10-13-26-40(35)52(46(42)44-36-24-11-14-27-41(36)53-47(43)44)33-21-15-20-32(28-33)39-29-38(30-16-5-3-6-17-30)50-48(51-39)31-18-7-4-8-19-31/h3-29H,1-2H3. The van der Waals surface area contributed by atoms with Crippen molar-refractivity contribution in [1.82, 2.24) is 14.5 Å². The van der Waals surface area contributed by atoms with Crippen LogP contribution in [0.2, 0.25) is 0 Å². The third kappa shape index (κ3) is 4.39. The van der Waals surface area contributed by atoms with Crippen LogP contribution in [0.4, 0.5) is 0 Å². The minimum Gasteiger partial charge on any atom is -0.309 e. The molecule has 0 N–H and O–H groups in total. The van der Waals surface area contributed by atoms with Crippen molar-refractivity contribution >= 4 is 53.3 Å². The summed E-state index contributed by atoms with van der Waals surface area (Å²) in [5, 5.41) is 5.26. The van der Waals surface area contributed by atoms with E-state index in [1.807, 2.05) is 35.6 Å². The van der Waals surface area contributed by atoms with E-state index in [0.717, 1.165) is 33.8 Å². The normalized spacial score (nSPS) is 13.2. The van der Waals surface area contributed by atoms with Crippen molar-refractivity contribution in [2.45, 2.75) is 19.3 Å². The topological polar surface area (TPSA) is 30.7 Å². The summed E-state index contributed by atoms with van der Waals surface area (Å²) in [6, 6.07) is 58.7. The van der Waals surface area contributed by atoms with Crippen molar-refractivity contribution in [2.24, 2.45) is 0 Å². The third-order valence-electron chi connectivity index (χ3n) is 11.2. The van der Waals surface area contributed by atoms with Gasteiger partial charge in [0.15, 0.2) is 5.82 Å². The second-order valence-electron chi connectivity index (χ2n) is 14.5. The highest BCUT2D eigenvalue weighted by Gasteiger charge is 2.40. The molecule has 0 radical (unpaired) electrons. The van der Waals surface area contributed by atoms with Crippen LogP contribution in [0.25, 0.3) is 92.7 Å². The first-order valence-corrected chi connectivity index (χ1v) is 19.0. The summed E-state index contributed by atoms with van der Waals surface area (Å²) < 4.78 is 5.20. The zero-order valence-electron chi connectivity index (χ0n) is 29.3. The summed E-state index contributed by atoms with van der Waals surface area (Å²) in [5.41, 5.74) is 13.9. The third-order valence-corrected chi connectivity index (χ3v) is 12.3. The van der Waals surface area contributed by atoms with Gasteiger partial charge < -0.3 is 4.57 Å². The molecule has 0 aliphatic heterocycles. The van der Waals surface area contributed by atoms with Gasteiger partial charge in [-0.2, -0.15) is 0 Å². The molecule has 0 fully saturated rings. The van der Waals surface area contributed by atoms with Gasteiger partial charge in [-0.15, -0.1) is 11.3 Å². The quantitative estimate of drug-likeness (QED) is 0.183. The Morgan fingerprint density at radius 1 is 0.547 bits per heavy atom. The van der Waals surface area contributed by atoms with Crippen LogP contribution in [-0.2, 0) is 5.41 Å². The van der Waals surface area contributed by atoms with Crippen LogP contribution in [-0.4, -0.2) is 14.5 Å². The monoisotopic (exact) mass is 695 g/mol. The highest BCUT2D eigenvalue weighted by molar-refractivity contribution is 7.26. The van der Waals surface area contributed by atoms with Crippen LogP contribution in [0.15, 0.2) is 164 Å². The Balaban J connectivity index is 1.24. The highest BCUT2D eigenvalue weighted by atomic mass is 32.1. The van der Waals surface area contributed by atoms with Gasteiger partial charge >= 0.3 is 0 Å². The number of thiophene rings is 1. The van der Waals surface area contributed by atoms with Gasteiger partial charge in [0.1, 0.15) is 0 Å². The fourth-order valence-corrected chi connectivity index (χ4v) is 10.1. The molecular weight excluding hydrogens is 663 g/mol. The number of nitrogens with zero attached hydrogens (tertiary/aromatic N) is 3. The molecule has 11 rings (SSSR count). The fraction of sp³-hybridized carbons (Fsp3) is 0.0612. The Kier molecular flexibility index (Phi) is 6.47. The summed E-state index contributed by atoms with van der Waals surface area (Å²) >= 11 is 1.93. The predicted molar refractivity (Wildman–Crippen MR) is 223 cm³/mol. The van der Waals surface area contributed by atoms with Crippen LogP contribution in [0, 0.1) is 0 Å². The molecule has 0 saturated carbocycles. The maximum Gasteiger partial charge on any atom is 0.160 e. The second kappa shape index (κ2) is 11.3. The van der Waals surface area contributed by atoms with Gasteiger partial charge in [-0.1, -0.05) is 147 Å². The van der Waals surface area contributed by atoms with Crippen LogP contribution in [0.5, 0.6) is 0 Å². The lowest BCUT2D eigenvalue weighted by Crippen LogP contribution is -2.15. The minimum absolute atomic E-state index is 0.173. The van der Waals surface area contributed by atoms with Gasteiger partial charge in [-0.25, -0.2) is 9.97 Å². The maximum atomic E-state index is 5.20. The number of hydrogen-bond acceptors (Lipinski definition) is 3. The first-order valence-electron chi connectivity index (χ1n) is 18.2. The average molecular weight is 696 g/mol. The summed E-state index contributed by atoms with van der Waals surface area (Å²) in [7, 11) is 0.